The lowest BCUT2D eigenvalue weighted by Gasteiger charge is -2.11. The van der Waals surface area contributed by atoms with Crippen molar-refractivity contribution < 1.29 is 19.1 Å². The lowest BCUT2D eigenvalue weighted by atomic mass is 9.99. The number of esters is 2. The van der Waals surface area contributed by atoms with Crippen LogP contribution < -0.4 is 0 Å². The molecule has 0 saturated heterocycles. The van der Waals surface area contributed by atoms with Crippen LogP contribution in [0.15, 0.2) is 12.4 Å². The number of hydrogen-bond acceptors (Lipinski definition) is 5. The van der Waals surface area contributed by atoms with E-state index in [9.17, 15) is 9.59 Å². The van der Waals surface area contributed by atoms with Crippen molar-refractivity contribution in [2.24, 2.45) is 0 Å². The van der Waals surface area contributed by atoms with Crippen molar-refractivity contribution in [3.63, 3.8) is 0 Å². The predicted molar refractivity (Wildman–Crippen MR) is 65.5 cm³/mol. The van der Waals surface area contributed by atoms with Crippen LogP contribution in [0.5, 0.6) is 0 Å². The second-order valence-corrected chi connectivity index (χ2v) is 3.80. The topological polar surface area (TPSA) is 65.5 Å². The number of hydrogen-bond donors (Lipinski definition) is 0. The highest BCUT2D eigenvalue weighted by Gasteiger charge is 2.20. The summed E-state index contributed by atoms with van der Waals surface area (Å²) in [4.78, 5) is 27.2. The van der Waals surface area contributed by atoms with Gasteiger partial charge in [0.2, 0.25) is 0 Å². The number of carbonyl (C=O) groups excluding carboxylic acids is 2. The van der Waals surface area contributed by atoms with Gasteiger partial charge in [-0.2, -0.15) is 0 Å². The number of carbonyl (C=O) groups is 2. The third-order valence-corrected chi connectivity index (χ3v) is 2.65. The fourth-order valence-corrected chi connectivity index (χ4v) is 1.68. The quantitative estimate of drug-likeness (QED) is 0.749. The maximum absolute atomic E-state index is 11.6. The van der Waals surface area contributed by atoms with Crippen LogP contribution in [0.2, 0.25) is 0 Å². The van der Waals surface area contributed by atoms with Gasteiger partial charge in [0.1, 0.15) is 0 Å². The first-order chi connectivity index (χ1) is 8.65. The molecule has 0 aromatic carbocycles. The Bertz CT molecular complexity index is 408. The van der Waals surface area contributed by atoms with Gasteiger partial charge in [0, 0.05) is 12.4 Å². The molecule has 18 heavy (non-hydrogen) atoms. The Hall–Kier alpha value is -1.91. The average Bonchev–Trinajstić information content (AvgIpc) is 2.42. The Morgan fingerprint density at radius 2 is 1.61 bits per heavy atom. The van der Waals surface area contributed by atoms with E-state index in [1.807, 2.05) is 6.92 Å². The maximum atomic E-state index is 11.6. The molecule has 0 spiro atoms. The largest absolute Gasteiger partial charge is 0.465 e. The standard InChI is InChI=1S/C13H17NO4/c1-4-5-6-9-10(12(15)17-2)7-14-8-11(9)13(16)18-3/h7-8H,4-6H2,1-3H3. The van der Waals surface area contributed by atoms with Crippen LogP contribution >= 0.6 is 0 Å². The number of unbranched alkanes of at least 4 members (excludes halogenated alkanes) is 1. The summed E-state index contributed by atoms with van der Waals surface area (Å²) in [5, 5.41) is 0. The van der Waals surface area contributed by atoms with E-state index in [1.54, 1.807) is 0 Å². The van der Waals surface area contributed by atoms with Gasteiger partial charge in [0.15, 0.2) is 0 Å². The number of ether oxygens (including phenoxy) is 2. The van der Waals surface area contributed by atoms with Crippen molar-refractivity contribution in [2.75, 3.05) is 14.2 Å². The molecule has 0 fully saturated rings. The van der Waals surface area contributed by atoms with E-state index in [0.717, 1.165) is 12.8 Å². The second-order valence-electron chi connectivity index (χ2n) is 3.80. The van der Waals surface area contributed by atoms with Crippen molar-refractivity contribution >= 4 is 11.9 Å². The van der Waals surface area contributed by atoms with Crippen LogP contribution in [0.1, 0.15) is 46.0 Å². The van der Waals surface area contributed by atoms with Gasteiger partial charge in [-0.25, -0.2) is 9.59 Å². The van der Waals surface area contributed by atoms with E-state index in [1.165, 1.54) is 26.6 Å². The van der Waals surface area contributed by atoms with Crippen LogP contribution in [0.3, 0.4) is 0 Å². The molecule has 0 saturated carbocycles. The first-order valence-corrected chi connectivity index (χ1v) is 5.79. The molecular weight excluding hydrogens is 234 g/mol. The first-order valence-electron chi connectivity index (χ1n) is 5.79. The first kappa shape index (κ1) is 14.2. The lowest BCUT2D eigenvalue weighted by Crippen LogP contribution is -2.13. The summed E-state index contributed by atoms with van der Waals surface area (Å²) in [6.45, 7) is 2.04. The Kier molecular flexibility index (Phi) is 5.30. The second kappa shape index (κ2) is 6.74. The molecular formula is C13H17NO4. The number of pyridine rings is 1. The van der Waals surface area contributed by atoms with Crippen LogP contribution in [0.25, 0.3) is 0 Å². The van der Waals surface area contributed by atoms with Crippen molar-refractivity contribution in [1.29, 1.82) is 0 Å². The molecule has 0 bridgehead atoms. The normalized spacial score (nSPS) is 9.94. The summed E-state index contributed by atoms with van der Waals surface area (Å²) < 4.78 is 9.39. The zero-order chi connectivity index (χ0) is 13.5. The average molecular weight is 251 g/mol. The van der Waals surface area contributed by atoms with Crippen LogP contribution in [-0.4, -0.2) is 31.1 Å². The summed E-state index contributed by atoms with van der Waals surface area (Å²) in [6.07, 6.45) is 5.29. The molecule has 0 aliphatic rings. The number of nitrogens with zero attached hydrogens (tertiary/aromatic N) is 1. The van der Waals surface area contributed by atoms with Gasteiger partial charge in [-0.05, 0) is 18.4 Å². The highest BCUT2D eigenvalue weighted by atomic mass is 16.5. The Morgan fingerprint density at radius 1 is 1.11 bits per heavy atom. The molecule has 0 N–H and O–H groups in total. The molecule has 1 rings (SSSR count). The van der Waals surface area contributed by atoms with Gasteiger partial charge in [0.05, 0.1) is 25.3 Å². The molecule has 0 atom stereocenters. The fourth-order valence-electron chi connectivity index (χ4n) is 1.68. The predicted octanol–water partition coefficient (Wildman–Crippen LogP) is 2.00. The summed E-state index contributed by atoms with van der Waals surface area (Å²) in [6, 6.07) is 0. The summed E-state index contributed by atoms with van der Waals surface area (Å²) in [5.41, 5.74) is 1.30. The SMILES string of the molecule is CCCCc1c(C(=O)OC)cncc1C(=O)OC. The van der Waals surface area contributed by atoms with Gasteiger partial charge in [-0.1, -0.05) is 13.3 Å². The fraction of sp³-hybridized carbons (Fsp3) is 0.462. The lowest BCUT2D eigenvalue weighted by molar-refractivity contribution is 0.0595. The van der Waals surface area contributed by atoms with Crippen LogP contribution in [-0.2, 0) is 15.9 Å². The minimum atomic E-state index is -0.487. The molecule has 5 nitrogen and oxygen atoms in total. The van der Waals surface area contributed by atoms with Gasteiger partial charge >= 0.3 is 11.9 Å². The zero-order valence-corrected chi connectivity index (χ0v) is 10.9. The summed E-state index contributed by atoms with van der Waals surface area (Å²) >= 11 is 0. The van der Waals surface area contributed by atoms with Crippen LogP contribution in [0.4, 0.5) is 0 Å². The van der Waals surface area contributed by atoms with Gasteiger partial charge in [-0.3, -0.25) is 4.98 Å². The third-order valence-electron chi connectivity index (χ3n) is 2.65. The van der Waals surface area contributed by atoms with E-state index >= 15 is 0 Å². The summed E-state index contributed by atoms with van der Waals surface area (Å²) in [5.74, 6) is -0.973. The van der Waals surface area contributed by atoms with Crippen molar-refractivity contribution in [3.8, 4) is 0 Å². The van der Waals surface area contributed by atoms with E-state index in [2.05, 4.69) is 4.98 Å². The van der Waals surface area contributed by atoms with E-state index in [4.69, 9.17) is 9.47 Å². The van der Waals surface area contributed by atoms with E-state index in [-0.39, 0.29) is 0 Å². The number of aromatic nitrogens is 1. The molecule has 0 radical (unpaired) electrons. The maximum Gasteiger partial charge on any atom is 0.339 e. The molecule has 0 aliphatic carbocycles. The minimum Gasteiger partial charge on any atom is -0.465 e. The molecule has 98 valence electrons. The van der Waals surface area contributed by atoms with Gasteiger partial charge < -0.3 is 9.47 Å². The Morgan fingerprint density at radius 3 is 2.00 bits per heavy atom. The Labute approximate surface area is 106 Å². The van der Waals surface area contributed by atoms with Crippen LogP contribution in [0, 0.1) is 0 Å². The molecule has 0 unspecified atom stereocenters. The number of rotatable bonds is 5. The van der Waals surface area contributed by atoms with Gasteiger partial charge in [0.25, 0.3) is 0 Å². The van der Waals surface area contributed by atoms with E-state index < -0.39 is 11.9 Å². The van der Waals surface area contributed by atoms with E-state index in [0.29, 0.717) is 23.1 Å². The molecule has 1 heterocycles. The Balaban J connectivity index is 3.25. The molecule has 0 aliphatic heterocycles. The molecule has 0 amide bonds. The zero-order valence-electron chi connectivity index (χ0n) is 10.9. The van der Waals surface area contributed by atoms with Crippen molar-refractivity contribution in [3.05, 3.63) is 29.1 Å². The number of methoxy groups -OCH3 is 2. The van der Waals surface area contributed by atoms with Crippen molar-refractivity contribution in [2.45, 2.75) is 26.2 Å². The molecule has 1 aromatic heterocycles. The highest BCUT2D eigenvalue weighted by Crippen LogP contribution is 2.18. The van der Waals surface area contributed by atoms with Gasteiger partial charge in [-0.15, -0.1) is 0 Å². The summed E-state index contributed by atoms with van der Waals surface area (Å²) in [7, 11) is 2.60. The monoisotopic (exact) mass is 251 g/mol. The minimum absolute atomic E-state index is 0.328. The molecule has 1 aromatic rings. The smallest absolute Gasteiger partial charge is 0.339 e. The molecule has 5 heteroatoms. The highest BCUT2D eigenvalue weighted by molar-refractivity contribution is 5.97. The third kappa shape index (κ3) is 3.06. The van der Waals surface area contributed by atoms with Crippen molar-refractivity contribution in [1.82, 2.24) is 4.98 Å².